The third-order valence-corrected chi connectivity index (χ3v) is 10.5. The summed E-state index contributed by atoms with van der Waals surface area (Å²) in [5.41, 5.74) is 5.10. The number of rotatable bonds is 7. The van der Waals surface area contributed by atoms with Crippen molar-refractivity contribution in [1.82, 2.24) is 24.9 Å². The van der Waals surface area contributed by atoms with Crippen molar-refractivity contribution >= 4 is 29.8 Å². The number of hydrogen-bond donors (Lipinski definition) is 2. The third-order valence-electron chi connectivity index (χ3n) is 10.5. The van der Waals surface area contributed by atoms with Crippen LogP contribution in [-0.4, -0.2) is 101 Å². The summed E-state index contributed by atoms with van der Waals surface area (Å²) < 4.78 is 5.30. The van der Waals surface area contributed by atoms with Gasteiger partial charge in [0.25, 0.3) is 17.7 Å². The highest BCUT2D eigenvalue weighted by atomic mass is 16.5. The predicted molar refractivity (Wildman–Crippen MR) is 147 cm³/mol. The molecule has 3 heterocycles. The van der Waals surface area contributed by atoms with Crippen LogP contribution < -0.4 is 11.1 Å². The summed E-state index contributed by atoms with van der Waals surface area (Å²) in [5.74, 6) is -0.869. The number of urea groups is 2. The first kappa shape index (κ1) is 28.0. The number of hydrogen-bond acceptors (Lipinski definition) is 8. The molecule has 7 amide bonds. The lowest BCUT2D eigenvalue weighted by atomic mass is 9.51. The summed E-state index contributed by atoms with van der Waals surface area (Å²) in [4.78, 5) is 72.6. The Kier molecular flexibility index (Phi) is 7.02. The van der Waals surface area contributed by atoms with Crippen molar-refractivity contribution in [3.63, 3.8) is 0 Å². The summed E-state index contributed by atoms with van der Waals surface area (Å²) in [7, 11) is 1.56. The van der Waals surface area contributed by atoms with Crippen LogP contribution >= 0.6 is 0 Å². The lowest BCUT2D eigenvalue weighted by molar-refractivity contribution is -0.153. The zero-order valence-corrected chi connectivity index (χ0v) is 24.2. The second-order valence-electron chi connectivity index (χ2n) is 13.1. The van der Waals surface area contributed by atoms with Crippen LogP contribution in [0, 0.1) is 17.3 Å². The molecule has 3 saturated heterocycles. The number of nitrogens with one attached hydrogen (secondary N) is 1. The van der Waals surface area contributed by atoms with E-state index in [0.29, 0.717) is 58.5 Å². The zero-order valence-electron chi connectivity index (χ0n) is 24.2. The van der Waals surface area contributed by atoms with E-state index in [1.54, 1.807) is 11.9 Å². The highest BCUT2D eigenvalue weighted by Gasteiger charge is 2.68. The maximum atomic E-state index is 13.7. The van der Waals surface area contributed by atoms with Crippen LogP contribution in [0.3, 0.4) is 0 Å². The fourth-order valence-corrected chi connectivity index (χ4v) is 8.23. The first-order valence-corrected chi connectivity index (χ1v) is 15.2. The van der Waals surface area contributed by atoms with Gasteiger partial charge in [-0.25, -0.2) is 9.59 Å². The van der Waals surface area contributed by atoms with Crippen LogP contribution in [0.25, 0.3) is 0 Å². The maximum Gasteiger partial charge on any atom is 0.334 e. The van der Waals surface area contributed by atoms with E-state index in [1.165, 1.54) is 14.7 Å². The number of nitrogens with two attached hydrogens (primary N) is 1. The Labute approximate surface area is 240 Å². The number of amides is 7. The fourth-order valence-electron chi connectivity index (χ4n) is 8.23. The average Bonchev–Trinajstić information content (AvgIpc) is 3.47. The smallest absolute Gasteiger partial charge is 0.334 e. The van der Waals surface area contributed by atoms with Crippen LogP contribution in [0.2, 0.25) is 0 Å². The minimum atomic E-state index is -0.800. The third kappa shape index (κ3) is 4.40. The van der Waals surface area contributed by atoms with Gasteiger partial charge in [-0.1, -0.05) is 12.8 Å². The van der Waals surface area contributed by atoms with Gasteiger partial charge in [0.2, 0.25) is 0 Å². The Morgan fingerprint density at radius 3 is 2.17 bits per heavy atom. The fraction of sp³-hybridized carbons (Fsp3) is 0.759. The molecule has 0 aromatic carbocycles. The molecule has 12 nitrogen and oxygen atoms in total. The lowest BCUT2D eigenvalue weighted by Crippen LogP contribution is -2.66. The lowest BCUT2D eigenvalue weighted by Gasteiger charge is -2.59. The van der Waals surface area contributed by atoms with Crippen molar-refractivity contribution in [2.24, 2.45) is 23.0 Å². The number of carbonyl (C=O) groups is 5. The SMILES string of the molecule is CCN/C(N)=C1\C(=O)N(CC2CCCC2)C(=O)N(C2CCC3(CC2)CC2(C3)C(=O)N(C)C(=O)N2CC2COC2)C1=O. The van der Waals surface area contributed by atoms with E-state index in [9.17, 15) is 24.0 Å². The number of ether oxygens (including phenoxy) is 1. The molecule has 2 spiro atoms. The molecule has 6 rings (SSSR count). The van der Waals surface area contributed by atoms with Crippen LogP contribution in [-0.2, 0) is 19.1 Å². The number of carbonyl (C=O) groups excluding carboxylic acids is 5. The number of likely N-dealkylation sites (N-methyl/N-ethyl adjacent to an activating group) is 1. The van der Waals surface area contributed by atoms with Gasteiger partial charge in [0, 0.05) is 38.6 Å². The molecule has 6 aliphatic rings. The van der Waals surface area contributed by atoms with Gasteiger partial charge in [0.05, 0.1) is 13.2 Å². The second kappa shape index (κ2) is 10.3. The van der Waals surface area contributed by atoms with Crippen molar-refractivity contribution in [2.75, 3.05) is 39.9 Å². The molecule has 0 atom stereocenters. The molecule has 0 bridgehead atoms. The number of barbiturate groups is 1. The molecule has 12 heteroatoms. The maximum absolute atomic E-state index is 13.7. The Balaban J connectivity index is 1.18. The Hall–Kier alpha value is -3.15. The summed E-state index contributed by atoms with van der Waals surface area (Å²) in [6, 6.07) is -1.13. The van der Waals surface area contributed by atoms with Crippen LogP contribution in [0.5, 0.6) is 0 Å². The van der Waals surface area contributed by atoms with Gasteiger partial charge in [0.1, 0.15) is 16.9 Å². The second-order valence-corrected chi connectivity index (χ2v) is 13.1. The first-order valence-electron chi connectivity index (χ1n) is 15.2. The Morgan fingerprint density at radius 1 is 0.927 bits per heavy atom. The molecule has 0 radical (unpaired) electrons. The van der Waals surface area contributed by atoms with Gasteiger partial charge in [-0.3, -0.25) is 29.1 Å². The molecule has 0 aromatic rings. The van der Waals surface area contributed by atoms with E-state index in [0.717, 1.165) is 38.5 Å². The average molecular weight is 571 g/mol. The van der Waals surface area contributed by atoms with Crippen LogP contribution in [0.4, 0.5) is 9.59 Å². The zero-order chi connectivity index (χ0) is 29.1. The summed E-state index contributed by atoms with van der Waals surface area (Å²) in [6.45, 7) is 4.32. The predicted octanol–water partition coefficient (Wildman–Crippen LogP) is 1.75. The van der Waals surface area contributed by atoms with E-state index in [-0.39, 0.29) is 46.6 Å². The minimum Gasteiger partial charge on any atom is -0.385 e. The van der Waals surface area contributed by atoms with Crippen molar-refractivity contribution < 1.29 is 28.7 Å². The molecule has 224 valence electrons. The standard InChI is InChI=1S/C29H42N6O6/c1-3-31-22(30)21-23(36)33(12-18-6-4-5-7-18)27(40)35(24(21)37)20-8-10-28(11-9-20)16-29(17-28)25(38)32(2)26(39)34(29)13-19-14-41-15-19/h18-20,31H,3-17,30H2,1-2H3/b22-21+. The monoisotopic (exact) mass is 570 g/mol. The van der Waals surface area contributed by atoms with Gasteiger partial charge in [-0.05, 0) is 69.6 Å². The van der Waals surface area contributed by atoms with Crippen molar-refractivity contribution in [2.45, 2.75) is 82.7 Å². The van der Waals surface area contributed by atoms with Crippen molar-refractivity contribution in [1.29, 1.82) is 0 Å². The quantitative estimate of drug-likeness (QED) is 0.268. The summed E-state index contributed by atoms with van der Waals surface area (Å²) in [6.07, 6.45) is 7.92. The highest BCUT2D eigenvalue weighted by Crippen LogP contribution is 2.61. The molecule has 0 unspecified atom stereocenters. The topological polar surface area (TPSA) is 146 Å². The van der Waals surface area contributed by atoms with Gasteiger partial charge in [0.15, 0.2) is 0 Å². The van der Waals surface area contributed by atoms with E-state index in [2.05, 4.69) is 5.32 Å². The number of imide groups is 3. The molecule has 3 N–H and O–H groups in total. The molecule has 3 saturated carbocycles. The van der Waals surface area contributed by atoms with Gasteiger partial charge in [-0.15, -0.1) is 0 Å². The number of nitrogens with zero attached hydrogens (tertiary/aromatic N) is 4. The van der Waals surface area contributed by atoms with Gasteiger partial charge < -0.3 is 20.7 Å². The van der Waals surface area contributed by atoms with E-state index in [1.807, 2.05) is 6.92 Å². The Morgan fingerprint density at radius 2 is 1.59 bits per heavy atom. The summed E-state index contributed by atoms with van der Waals surface area (Å²) in [5, 5.41) is 2.90. The molecule has 3 aliphatic heterocycles. The van der Waals surface area contributed by atoms with E-state index < -0.39 is 23.4 Å². The Bertz CT molecular complexity index is 1170. The van der Waals surface area contributed by atoms with Crippen LogP contribution in [0.15, 0.2) is 11.4 Å². The van der Waals surface area contributed by atoms with Crippen LogP contribution in [0.1, 0.15) is 71.1 Å². The van der Waals surface area contributed by atoms with Gasteiger partial charge in [-0.2, -0.15) is 0 Å². The largest absolute Gasteiger partial charge is 0.385 e. The molecule has 41 heavy (non-hydrogen) atoms. The molecule has 6 fully saturated rings. The van der Waals surface area contributed by atoms with E-state index >= 15 is 0 Å². The molecular weight excluding hydrogens is 528 g/mol. The van der Waals surface area contributed by atoms with Crippen molar-refractivity contribution in [3.05, 3.63) is 11.4 Å². The van der Waals surface area contributed by atoms with E-state index in [4.69, 9.17) is 10.5 Å². The van der Waals surface area contributed by atoms with Gasteiger partial charge >= 0.3 is 12.1 Å². The molecular formula is C29H42N6O6. The highest BCUT2D eigenvalue weighted by molar-refractivity contribution is 6.29. The van der Waals surface area contributed by atoms with Crippen molar-refractivity contribution in [3.8, 4) is 0 Å². The first-order chi connectivity index (χ1) is 19.6. The molecule has 0 aromatic heterocycles. The summed E-state index contributed by atoms with van der Waals surface area (Å²) >= 11 is 0. The molecule has 3 aliphatic carbocycles. The minimum absolute atomic E-state index is 0.00937. The normalized spacial score (nSPS) is 34.3.